The highest BCUT2D eigenvalue weighted by molar-refractivity contribution is 7.91. The molecule has 2 aromatic rings. The second-order valence-electron chi connectivity index (χ2n) is 4.40. The van der Waals surface area contributed by atoms with Crippen LogP contribution in [-0.4, -0.2) is 20.4 Å². The smallest absolute Gasteiger partial charge is 0.250 e. The van der Waals surface area contributed by atoms with E-state index < -0.39 is 10.0 Å². The molecule has 0 aromatic carbocycles. The van der Waals surface area contributed by atoms with Gasteiger partial charge in [-0.3, -0.25) is 4.98 Å². The molecule has 0 spiro atoms. The summed E-state index contributed by atoms with van der Waals surface area (Å²) in [5.41, 5.74) is 2.67. The molecule has 7 heteroatoms. The molecular weight excluding hydrogens is 294 g/mol. The number of pyridine rings is 1. The van der Waals surface area contributed by atoms with Gasteiger partial charge in [0.05, 0.1) is 12.2 Å². The predicted octanol–water partition coefficient (Wildman–Crippen LogP) is 1.65. The summed E-state index contributed by atoms with van der Waals surface area (Å²) in [7, 11) is -1.64. The van der Waals surface area contributed by atoms with Crippen LogP contribution >= 0.6 is 11.3 Å². The van der Waals surface area contributed by atoms with Crippen LogP contribution in [-0.2, 0) is 23.1 Å². The third kappa shape index (κ3) is 3.63. The van der Waals surface area contributed by atoms with Gasteiger partial charge >= 0.3 is 0 Å². The SMILES string of the molecule is CNCc1csc(S(=O)(=O)NCc2ncccc2C)c1. The van der Waals surface area contributed by atoms with E-state index in [1.807, 2.05) is 31.5 Å². The Morgan fingerprint density at radius 2 is 2.15 bits per heavy atom. The summed E-state index contributed by atoms with van der Waals surface area (Å²) in [4.78, 5) is 4.18. The van der Waals surface area contributed by atoms with E-state index in [2.05, 4.69) is 15.0 Å². The highest BCUT2D eigenvalue weighted by Crippen LogP contribution is 2.20. The zero-order chi connectivity index (χ0) is 14.6. The molecule has 0 fully saturated rings. The highest BCUT2D eigenvalue weighted by atomic mass is 32.2. The lowest BCUT2D eigenvalue weighted by Crippen LogP contribution is -2.23. The summed E-state index contributed by atoms with van der Waals surface area (Å²) in [5.74, 6) is 0. The zero-order valence-electron chi connectivity index (χ0n) is 11.4. The van der Waals surface area contributed by atoms with Crippen molar-refractivity contribution in [1.29, 1.82) is 0 Å². The molecule has 2 rings (SSSR count). The molecule has 2 N–H and O–H groups in total. The first-order valence-corrected chi connectivity index (χ1v) is 8.51. The number of nitrogens with zero attached hydrogens (tertiary/aromatic N) is 1. The molecule has 20 heavy (non-hydrogen) atoms. The van der Waals surface area contributed by atoms with Crippen LogP contribution in [0.3, 0.4) is 0 Å². The third-order valence-corrected chi connectivity index (χ3v) is 5.71. The highest BCUT2D eigenvalue weighted by Gasteiger charge is 2.17. The standard InChI is InChI=1S/C13H17N3O2S2/c1-10-4-3-5-15-12(10)8-16-20(17,18)13-6-11(7-14-2)9-19-13/h3-6,9,14,16H,7-8H2,1-2H3. The van der Waals surface area contributed by atoms with Gasteiger partial charge in [0.2, 0.25) is 10.0 Å². The van der Waals surface area contributed by atoms with E-state index in [9.17, 15) is 8.42 Å². The first-order chi connectivity index (χ1) is 9.53. The Balaban J connectivity index is 2.09. The molecule has 0 aliphatic rings. The van der Waals surface area contributed by atoms with Crippen LogP contribution < -0.4 is 10.0 Å². The van der Waals surface area contributed by atoms with E-state index >= 15 is 0 Å². The van der Waals surface area contributed by atoms with Gasteiger partial charge in [-0.25, -0.2) is 13.1 Å². The summed E-state index contributed by atoms with van der Waals surface area (Å²) in [5, 5.41) is 4.84. The predicted molar refractivity (Wildman–Crippen MR) is 80.1 cm³/mol. The lowest BCUT2D eigenvalue weighted by molar-refractivity contribution is 0.582. The molecular formula is C13H17N3O2S2. The van der Waals surface area contributed by atoms with Crippen LogP contribution in [0.25, 0.3) is 0 Å². The van der Waals surface area contributed by atoms with E-state index in [4.69, 9.17) is 0 Å². The van der Waals surface area contributed by atoms with Gasteiger partial charge in [-0.05, 0) is 42.6 Å². The molecule has 108 valence electrons. The lowest BCUT2D eigenvalue weighted by Gasteiger charge is -2.06. The fraction of sp³-hybridized carbons (Fsp3) is 0.308. The Morgan fingerprint density at radius 3 is 2.85 bits per heavy atom. The van der Waals surface area contributed by atoms with Crippen molar-refractivity contribution in [1.82, 2.24) is 15.0 Å². The molecule has 0 aliphatic carbocycles. The summed E-state index contributed by atoms with van der Waals surface area (Å²) in [6.07, 6.45) is 1.66. The average Bonchev–Trinajstić information content (AvgIpc) is 2.88. The van der Waals surface area contributed by atoms with Gasteiger partial charge in [-0.2, -0.15) is 0 Å². The summed E-state index contributed by atoms with van der Waals surface area (Å²) < 4.78 is 27.3. The van der Waals surface area contributed by atoms with Gasteiger partial charge in [0.15, 0.2) is 0 Å². The van der Waals surface area contributed by atoms with E-state index in [1.165, 1.54) is 11.3 Å². The maximum Gasteiger partial charge on any atom is 0.250 e. The van der Waals surface area contributed by atoms with Crippen molar-refractivity contribution in [3.05, 3.63) is 46.6 Å². The maximum absolute atomic E-state index is 12.2. The summed E-state index contributed by atoms with van der Waals surface area (Å²) in [6.45, 7) is 2.77. The molecule has 5 nitrogen and oxygen atoms in total. The normalized spacial score (nSPS) is 11.7. The summed E-state index contributed by atoms with van der Waals surface area (Å²) >= 11 is 1.22. The largest absolute Gasteiger partial charge is 0.316 e. The fourth-order valence-corrected chi connectivity index (χ4v) is 3.97. The number of nitrogens with one attached hydrogen (secondary N) is 2. The van der Waals surface area contributed by atoms with Crippen molar-refractivity contribution in [2.45, 2.75) is 24.2 Å². The van der Waals surface area contributed by atoms with Gasteiger partial charge in [0, 0.05) is 12.7 Å². The molecule has 0 bridgehead atoms. The molecule has 0 saturated carbocycles. The minimum atomic E-state index is -3.47. The van der Waals surface area contributed by atoms with E-state index in [0.29, 0.717) is 10.8 Å². The van der Waals surface area contributed by atoms with Crippen LogP contribution in [0.15, 0.2) is 34.0 Å². The first kappa shape index (κ1) is 15.1. The Hall–Kier alpha value is -1.28. The number of sulfonamides is 1. The zero-order valence-corrected chi connectivity index (χ0v) is 13.0. The quantitative estimate of drug-likeness (QED) is 0.851. The molecule has 0 unspecified atom stereocenters. The van der Waals surface area contributed by atoms with Crippen molar-refractivity contribution < 1.29 is 8.42 Å². The van der Waals surface area contributed by atoms with Gasteiger partial charge in [0.25, 0.3) is 0 Å². The van der Waals surface area contributed by atoms with E-state index in [-0.39, 0.29) is 6.54 Å². The van der Waals surface area contributed by atoms with Crippen molar-refractivity contribution >= 4 is 21.4 Å². The minimum Gasteiger partial charge on any atom is -0.316 e. The van der Waals surface area contributed by atoms with Gasteiger partial charge < -0.3 is 5.32 Å². The Bertz CT molecular complexity index is 680. The maximum atomic E-state index is 12.2. The number of thiophene rings is 1. The Morgan fingerprint density at radius 1 is 1.35 bits per heavy atom. The van der Waals surface area contributed by atoms with Crippen LogP contribution in [0.4, 0.5) is 0 Å². The molecule has 0 amide bonds. The third-order valence-electron chi connectivity index (χ3n) is 2.82. The van der Waals surface area contributed by atoms with Crippen molar-refractivity contribution in [3.63, 3.8) is 0 Å². The lowest BCUT2D eigenvalue weighted by atomic mass is 10.2. The van der Waals surface area contributed by atoms with E-state index in [1.54, 1.807) is 12.3 Å². The van der Waals surface area contributed by atoms with Crippen LogP contribution in [0, 0.1) is 6.92 Å². The van der Waals surface area contributed by atoms with Crippen molar-refractivity contribution in [2.24, 2.45) is 0 Å². The van der Waals surface area contributed by atoms with Crippen LogP contribution in [0.5, 0.6) is 0 Å². The van der Waals surface area contributed by atoms with Gasteiger partial charge in [-0.1, -0.05) is 6.07 Å². The topological polar surface area (TPSA) is 71.1 Å². The Labute approximate surface area is 123 Å². The molecule has 2 aromatic heterocycles. The second kappa shape index (κ2) is 6.45. The van der Waals surface area contributed by atoms with Crippen molar-refractivity contribution in [3.8, 4) is 0 Å². The molecule has 0 atom stereocenters. The average molecular weight is 311 g/mol. The summed E-state index contributed by atoms with van der Waals surface area (Å²) in [6, 6.07) is 5.43. The van der Waals surface area contributed by atoms with Crippen LogP contribution in [0.1, 0.15) is 16.8 Å². The number of rotatable bonds is 6. The molecule has 0 aliphatic heterocycles. The molecule has 0 radical (unpaired) electrons. The monoisotopic (exact) mass is 311 g/mol. The number of hydrogen-bond donors (Lipinski definition) is 2. The van der Waals surface area contributed by atoms with Crippen molar-refractivity contribution in [2.75, 3.05) is 7.05 Å². The van der Waals surface area contributed by atoms with Gasteiger partial charge in [-0.15, -0.1) is 11.3 Å². The number of aromatic nitrogens is 1. The molecule has 2 heterocycles. The minimum absolute atomic E-state index is 0.203. The van der Waals surface area contributed by atoms with E-state index in [0.717, 1.165) is 16.8 Å². The fourth-order valence-electron chi connectivity index (χ4n) is 1.73. The number of aryl methyl sites for hydroxylation is 1. The first-order valence-electron chi connectivity index (χ1n) is 6.15. The number of hydrogen-bond acceptors (Lipinski definition) is 5. The second-order valence-corrected chi connectivity index (χ2v) is 7.30. The Kier molecular flexibility index (Phi) is 4.87. The van der Waals surface area contributed by atoms with Gasteiger partial charge in [0.1, 0.15) is 4.21 Å². The molecule has 0 saturated heterocycles. The van der Waals surface area contributed by atoms with Crippen LogP contribution in [0.2, 0.25) is 0 Å².